The molecule has 1 atom stereocenters. The highest BCUT2D eigenvalue weighted by Gasteiger charge is 2.27. The number of aromatic amines is 1. The van der Waals surface area contributed by atoms with Gasteiger partial charge in [-0.25, -0.2) is 9.37 Å². The van der Waals surface area contributed by atoms with Crippen LogP contribution in [0.1, 0.15) is 35.3 Å². The van der Waals surface area contributed by atoms with Crippen molar-refractivity contribution in [2.75, 3.05) is 0 Å². The van der Waals surface area contributed by atoms with Gasteiger partial charge in [-0.3, -0.25) is 9.59 Å². The van der Waals surface area contributed by atoms with E-state index in [1.165, 1.54) is 12.1 Å². The molecule has 2 aromatic heterocycles. The van der Waals surface area contributed by atoms with E-state index in [0.717, 1.165) is 30.2 Å². The molecule has 0 aliphatic heterocycles. The molecule has 2 amide bonds. The van der Waals surface area contributed by atoms with Crippen molar-refractivity contribution >= 4 is 34.3 Å². The molecular weight excluding hydrogens is 395 g/mol. The lowest BCUT2D eigenvalue weighted by Crippen LogP contribution is -2.52. The fourth-order valence-electron chi connectivity index (χ4n) is 3.28. The van der Waals surface area contributed by atoms with Crippen LogP contribution in [0, 0.1) is 5.82 Å². The number of fused-ring (bicyclic) bond motifs is 1. The Morgan fingerprint density at radius 1 is 1.24 bits per heavy atom. The van der Waals surface area contributed by atoms with Gasteiger partial charge < -0.3 is 15.6 Å². The molecule has 150 valence electrons. The minimum Gasteiger partial charge on any atom is -0.352 e. The van der Waals surface area contributed by atoms with E-state index in [4.69, 9.17) is 11.6 Å². The molecule has 2 heterocycles. The van der Waals surface area contributed by atoms with Gasteiger partial charge >= 0.3 is 0 Å². The number of amides is 2. The molecule has 6 nitrogen and oxygen atoms in total. The molecule has 1 saturated carbocycles. The highest BCUT2D eigenvalue weighted by Crippen LogP contribution is 2.19. The van der Waals surface area contributed by atoms with Crippen LogP contribution in [0.4, 0.5) is 4.39 Å². The lowest BCUT2D eigenvalue weighted by Gasteiger charge is -2.29. The number of pyridine rings is 1. The second-order valence-electron chi connectivity index (χ2n) is 7.27. The van der Waals surface area contributed by atoms with Crippen molar-refractivity contribution < 1.29 is 14.0 Å². The zero-order chi connectivity index (χ0) is 20.4. The summed E-state index contributed by atoms with van der Waals surface area (Å²) in [6, 6.07) is 8.60. The van der Waals surface area contributed by atoms with Crippen molar-refractivity contribution in [1.82, 2.24) is 20.6 Å². The Hall–Kier alpha value is -2.93. The SMILES string of the molecule is O=C(N[C@@H](Cc1ccc(F)cc1)C(=O)NC1CCC1)c1cc2cc(Cl)ncc2[nH]1. The lowest BCUT2D eigenvalue weighted by atomic mass is 9.92. The summed E-state index contributed by atoms with van der Waals surface area (Å²) in [4.78, 5) is 32.5. The van der Waals surface area contributed by atoms with Gasteiger partial charge in [0.05, 0.1) is 11.7 Å². The summed E-state index contributed by atoms with van der Waals surface area (Å²) in [7, 11) is 0. The Kier molecular flexibility index (Phi) is 5.49. The maximum absolute atomic E-state index is 13.2. The normalized spacial score (nSPS) is 15.0. The van der Waals surface area contributed by atoms with Crippen molar-refractivity contribution in [2.24, 2.45) is 0 Å². The van der Waals surface area contributed by atoms with E-state index in [2.05, 4.69) is 20.6 Å². The second-order valence-corrected chi connectivity index (χ2v) is 7.66. The molecule has 0 saturated heterocycles. The maximum atomic E-state index is 13.2. The fourth-order valence-corrected chi connectivity index (χ4v) is 3.45. The summed E-state index contributed by atoms with van der Waals surface area (Å²) in [6.45, 7) is 0. The van der Waals surface area contributed by atoms with Gasteiger partial charge in [0.25, 0.3) is 5.91 Å². The number of rotatable bonds is 6. The number of H-pyrrole nitrogens is 1. The highest BCUT2D eigenvalue weighted by molar-refractivity contribution is 6.30. The number of carbonyl (C=O) groups is 2. The predicted octanol–water partition coefficient (Wildman–Crippen LogP) is 3.37. The minimum atomic E-state index is -0.776. The van der Waals surface area contributed by atoms with Crippen LogP contribution in [-0.2, 0) is 11.2 Å². The van der Waals surface area contributed by atoms with Crippen LogP contribution < -0.4 is 10.6 Å². The third-order valence-electron chi connectivity index (χ3n) is 5.14. The summed E-state index contributed by atoms with van der Waals surface area (Å²) in [6.07, 6.45) is 4.79. The first-order valence-electron chi connectivity index (χ1n) is 9.48. The van der Waals surface area contributed by atoms with Gasteiger partial charge in [0.2, 0.25) is 5.91 Å². The molecule has 1 fully saturated rings. The van der Waals surface area contributed by atoms with Crippen LogP contribution in [0.3, 0.4) is 0 Å². The van der Waals surface area contributed by atoms with Gasteiger partial charge in [0.15, 0.2) is 0 Å². The first-order chi connectivity index (χ1) is 14.0. The lowest BCUT2D eigenvalue weighted by molar-refractivity contribution is -0.124. The molecule has 4 rings (SSSR count). The molecule has 1 aliphatic rings. The third kappa shape index (κ3) is 4.56. The van der Waals surface area contributed by atoms with Crippen LogP contribution in [0.2, 0.25) is 5.15 Å². The molecule has 0 unspecified atom stereocenters. The first-order valence-corrected chi connectivity index (χ1v) is 9.86. The summed E-state index contributed by atoms with van der Waals surface area (Å²) in [5, 5.41) is 6.85. The quantitative estimate of drug-likeness (QED) is 0.540. The van der Waals surface area contributed by atoms with E-state index < -0.39 is 11.9 Å². The largest absolute Gasteiger partial charge is 0.352 e. The molecule has 1 aliphatic carbocycles. The number of nitrogens with one attached hydrogen (secondary N) is 3. The molecule has 1 aromatic carbocycles. The molecule has 29 heavy (non-hydrogen) atoms. The van der Waals surface area contributed by atoms with Gasteiger partial charge in [-0.2, -0.15) is 0 Å². The number of hydrogen-bond acceptors (Lipinski definition) is 3. The summed E-state index contributed by atoms with van der Waals surface area (Å²) < 4.78 is 13.2. The number of benzene rings is 1. The maximum Gasteiger partial charge on any atom is 0.268 e. The predicted molar refractivity (Wildman–Crippen MR) is 108 cm³/mol. The Labute approximate surface area is 171 Å². The molecule has 0 spiro atoms. The second kappa shape index (κ2) is 8.21. The van der Waals surface area contributed by atoms with Gasteiger partial charge in [0.1, 0.15) is 22.7 Å². The Bertz CT molecular complexity index is 1050. The van der Waals surface area contributed by atoms with Crippen molar-refractivity contribution in [3.63, 3.8) is 0 Å². The number of nitrogens with zero attached hydrogens (tertiary/aromatic N) is 1. The summed E-state index contributed by atoms with van der Waals surface area (Å²) >= 11 is 5.90. The van der Waals surface area contributed by atoms with Crippen LogP contribution in [0.15, 0.2) is 42.6 Å². The van der Waals surface area contributed by atoms with Crippen molar-refractivity contribution in [2.45, 2.75) is 37.8 Å². The van der Waals surface area contributed by atoms with Crippen LogP contribution in [-0.4, -0.2) is 33.9 Å². The van der Waals surface area contributed by atoms with E-state index in [1.807, 2.05) is 0 Å². The third-order valence-corrected chi connectivity index (χ3v) is 5.35. The Morgan fingerprint density at radius 2 is 2.00 bits per heavy atom. The van der Waals surface area contributed by atoms with E-state index in [-0.39, 0.29) is 24.2 Å². The molecule has 8 heteroatoms. The Balaban J connectivity index is 1.52. The number of carbonyl (C=O) groups excluding carboxylic acids is 2. The Morgan fingerprint density at radius 3 is 2.69 bits per heavy atom. The topological polar surface area (TPSA) is 86.9 Å². The van der Waals surface area contributed by atoms with Gasteiger partial charge in [-0.1, -0.05) is 23.7 Å². The van der Waals surface area contributed by atoms with E-state index in [0.29, 0.717) is 16.4 Å². The van der Waals surface area contributed by atoms with Gasteiger partial charge in [0, 0.05) is 17.8 Å². The van der Waals surface area contributed by atoms with E-state index in [1.54, 1.807) is 30.5 Å². The summed E-state index contributed by atoms with van der Waals surface area (Å²) in [5.74, 6) is -1.00. The molecule has 0 bridgehead atoms. The van der Waals surface area contributed by atoms with Crippen molar-refractivity contribution in [1.29, 1.82) is 0 Å². The van der Waals surface area contributed by atoms with Crippen molar-refractivity contribution in [3.8, 4) is 0 Å². The fraction of sp³-hybridized carbons (Fsp3) is 0.286. The highest BCUT2D eigenvalue weighted by atomic mass is 35.5. The number of aromatic nitrogens is 2. The first kappa shape index (κ1) is 19.4. The average molecular weight is 415 g/mol. The molecule has 3 aromatic rings. The zero-order valence-corrected chi connectivity index (χ0v) is 16.3. The molecule has 3 N–H and O–H groups in total. The average Bonchev–Trinajstić information content (AvgIpc) is 3.09. The number of halogens is 2. The minimum absolute atomic E-state index is 0.149. The van der Waals surface area contributed by atoms with Crippen LogP contribution >= 0.6 is 11.6 Å². The standard InChI is InChI=1S/C21H20ClFN4O2/c22-19-10-13-9-17(26-18(13)11-24-19)21(29)27-16(20(28)25-15-2-1-3-15)8-12-4-6-14(23)7-5-12/h4-7,9-11,15-16,26H,1-3,8H2,(H,25,28)(H,27,29)/t16-/m0/s1. The molecule has 0 radical (unpaired) electrons. The van der Waals surface area contributed by atoms with Crippen LogP contribution in [0.5, 0.6) is 0 Å². The smallest absolute Gasteiger partial charge is 0.268 e. The summed E-state index contributed by atoms with van der Waals surface area (Å²) in [5.41, 5.74) is 1.74. The zero-order valence-electron chi connectivity index (χ0n) is 15.5. The molecular formula is C21H20ClFN4O2. The van der Waals surface area contributed by atoms with Gasteiger partial charge in [-0.15, -0.1) is 0 Å². The van der Waals surface area contributed by atoms with Crippen molar-refractivity contribution in [3.05, 3.63) is 64.8 Å². The van der Waals surface area contributed by atoms with Gasteiger partial charge in [-0.05, 0) is 49.1 Å². The van der Waals surface area contributed by atoms with Crippen LogP contribution in [0.25, 0.3) is 10.9 Å². The van der Waals surface area contributed by atoms with E-state index in [9.17, 15) is 14.0 Å². The monoisotopic (exact) mass is 414 g/mol. The number of hydrogen-bond donors (Lipinski definition) is 3. The van der Waals surface area contributed by atoms with E-state index >= 15 is 0 Å².